The van der Waals surface area contributed by atoms with E-state index in [1.807, 2.05) is 24.3 Å². The Hall–Kier alpha value is -2.28. The summed E-state index contributed by atoms with van der Waals surface area (Å²) in [7, 11) is 1.59. The van der Waals surface area contributed by atoms with Crippen LogP contribution in [0.2, 0.25) is 0 Å². The number of ether oxygens (including phenoxy) is 1. The summed E-state index contributed by atoms with van der Waals surface area (Å²) in [5.41, 5.74) is 0.911. The number of hydrogen-bond acceptors (Lipinski definition) is 3. The second-order valence-corrected chi connectivity index (χ2v) is 5.79. The fourth-order valence-corrected chi connectivity index (χ4v) is 2.82. The number of carbonyl (C=O) groups is 1. The summed E-state index contributed by atoms with van der Waals surface area (Å²) in [5, 5.41) is 12.3. The molecular weight excluding hydrogens is 276 g/mol. The molecule has 1 amide bonds. The Kier molecular flexibility index (Phi) is 5.60. The van der Waals surface area contributed by atoms with Gasteiger partial charge in [0.1, 0.15) is 17.4 Å². The molecule has 4 heteroatoms. The molecule has 0 radical (unpaired) electrons. The van der Waals surface area contributed by atoms with E-state index in [-0.39, 0.29) is 17.5 Å². The lowest BCUT2D eigenvalue weighted by atomic mass is 9.86. The molecule has 0 aromatic heterocycles. The molecule has 0 aliphatic heterocycles. The Morgan fingerprint density at radius 3 is 2.86 bits per heavy atom. The van der Waals surface area contributed by atoms with Crippen LogP contribution in [0.5, 0.6) is 5.75 Å². The molecule has 0 bridgehead atoms. The van der Waals surface area contributed by atoms with Crippen LogP contribution in [0.3, 0.4) is 0 Å². The van der Waals surface area contributed by atoms with Crippen LogP contribution in [-0.2, 0) is 4.79 Å². The number of rotatable bonds is 4. The molecule has 1 aromatic carbocycles. The summed E-state index contributed by atoms with van der Waals surface area (Å²) in [6.07, 6.45) is 6.08. The maximum absolute atomic E-state index is 12.3. The zero-order chi connectivity index (χ0) is 15.9. The van der Waals surface area contributed by atoms with Gasteiger partial charge in [0, 0.05) is 6.04 Å². The van der Waals surface area contributed by atoms with Gasteiger partial charge in [-0.05, 0) is 42.5 Å². The van der Waals surface area contributed by atoms with Crippen molar-refractivity contribution in [2.24, 2.45) is 5.92 Å². The molecule has 0 spiro atoms. The van der Waals surface area contributed by atoms with E-state index >= 15 is 0 Å². The number of benzene rings is 1. The maximum Gasteiger partial charge on any atom is 0.262 e. The van der Waals surface area contributed by atoms with Crippen molar-refractivity contribution >= 4 is 12.0 Å². The third-order valence-corrected chi connectivity index (χ3v) is 4.20. The number of carbonyl (C=O) groups excluding carboxylic acids is 1. The largest absolute Gasteiger partial charge is 0.497 e. The van der Waals surface area contributed by atoms with E-state index in [9.17, 15) is 10.1 Å². The number of methoxy groups -OCH3 is 1. The topological polar surface area (TPSA) is 62.1 Å². The van der Waals surface area contributed by atoms with Crippen LogP contribution in [0.15, 0.2) is 29.8 Å². The maximum atomic E-state index is 12.3. The number of nitrogens with one attached hydrogen (secondary N) is 1. The average Bonchev–Trinajstić information content (AvgIpc) is 2.54. The molecule has 1 N–H and O–H groups in total. The SMILES string of the molecule is COc1cccc(/C=C(\C#N)C(=O)N[C@H]2CCCC[C@H]2C)c1. The monoisotopic (exact) mass is 298 g/mol. The first kappa shape index (κ1) is 16.1. The smallest absolute Gasteiger partial charge is 0.262 e. The van der Waals surface area contributed by atoms with Crippen molar-refractivity contribution in [3.8, 4) is 11.8 Å². The van der Waals surface area contributed by atoms with Gasteiger partial charge < -0.3 is 10.1 Å². The highest BCUT2D eigenvalue weighted by Gasteiger charge is 2.23. The van der Waals surface area contributed by atoms with Crippen molar-refractivity contribution in [2.45, 2.75) is 38.6 Å². The van der Waals surface area contributed by atoms with E-state index in [2.05, 4.69) is 12.2 Å². The fraction of sp³-hybridized carbons (Fsp3) is 0.444. The highest BCUT2D eigenvalue weighted by Crippen LogP contribution is 2.24. The Labute approximate surface area is 131 Å². The number of nitriles is 1. The van der Waals surface area contributed by atoms with Gasteiger partial charge >= 0.3 is 0 Å². The molecule has 0 unspecified atom stereocenters. The first-order valence-corrected chi connectivity index (χ1v) is 7.70. The van der Waals surface area contributed by atoms with E-state index in [1.165, 1.54) is 6.42 Å². The van der Waals surface area contributed by atoms with Gasteiger partial charge in [0.05, 0.1) is 7.11 Å². The lowest BCUT2D eigenvalue weighted by molar-refractivity contribution is -0.118. The van der Waals surface area contributed by atoms with Crippen LogP contribution in [0.25, 0.3) is 6.08 Å². The van der Waals surface area contributed by atoms with E-state index in [1.54, 1.807) is 19.3 Å². The fourth-order valence-electron chi connectivity index (χ4n) is 2.82. The molecule has 4 nitrogen and oxygen atoms in total. The van der Waals surface area contributed by atoms with Crippen molar-refractivity contribution in [3.63, 3.8) is 0 Å². The van der Waals surface area contributed by atoms with Gasteiger partial charge in [0.15, 0.2) is 0 Å². The van der Waals surface area contributed by atoms with Crippen LogP contribution in [-0.4, -0.2) is 19.1 Å². The third-order valence-electron chi connectivity index (χ3n) is 4.20. The minimum absolute atomic E-state index is 0.131. The Morgan fingerprint density at radius 1 is 1.41 bits per heavy atom. The average molecular weight is 298 g/mol. The zero-order valence-electron chi connectivity index (χ0n) is 13.1. The molecule has 0 saturated heterocycles. The van der Waals surface area contributed by atoms with Gasteiger partial charge in [0.2, 0.25) is 0 Å². The number of hydrogen-bond donors (Lipinski definition) is 1. The molecule has 1 saturated carbocycles. The summed E-state index contributed by atoms with van der Waals surface area (Å²) in [5.74, 6) is 0.880. The normalized spacial score (nSPS) is 21.8. The number of amides is 1. The van der Waals surface area contributed by atoms with Crippen LogP contribution < -0.4 is 10.1 Å². The molecule has 1 aliphatic rings. The third kappa shape index (κ3) is 4.11. The van der Waals surface area contributed by atoms with Crippen LogP contribution in [0.4, 0.5) is 0 Å². The van der Waals surface area contributed by atoms with E-state index in [0.29, 0.717) is 11.7 Å². The van der Waals surface area contributed by atoms with E-state index < -0.39 is 0 Å². The molecule has 2 atom stereocenters. The van der Waals surface area contributed by atoms with Gasteiger partial charge in [-0.2, -0.15) is 5.26 Å². The van der Waals surface area contributed by atoms with Gasteiger partial charge in [-0.15, -0.1) is 0 Å². The molecule has 22 heavy (non-hydrogen) atoms. The minimum atomic E-state index is -0.288. The lowest BCUT2D eigenvalue weighted by Crippen LogP contribution is -2.41. The summed E-state index contributed by atoms with van der Waals surface area (Å²) in [6.45, 7) is 2.15. The lowest BCUT2D eigenvalue weighted by Gasteiger charge is -2.29. The Morgan fingerprint density at radius 2 is 2.18 bits per heavy atom. The standard InChI is InChI=1S/C18H22N2O2/c1-13-6-3-4-9-17(13)20-18(21)15(12-19)10-14-7-5-8-16(11-14)22-2/h5,7-8,10-11,13,17H,3-4,6,9H2,1-2H3,(H,20,21)/b15-10+/t13-,17+/m1/s1. The number of nitrogens with zero attached hydrogens (tertiary/aromatic N) is 1. The van der Waals surface area contributed by atoms with Crippen molar-refractivity contribution in [1.82, 2.24) is 5.32 Å². The summed E-state index contributed by atoms with van der Waals surface area (Å²) in [6, 6.07) is 9.47. The van der Waals surface area contributed by atoms with E-state index in [4.69, 9.17) is 4.74 Å². The zero-order valence-corrected chi connectivity index (χ0v) is 13.1. The van der Waals surface area contributed by atoms with Crippen molar-refractivity contribution < 1.29 is 9.53 Å². The van der Waals surface area contributed by atoms with E-state index in [0.717, 1.165) is 24.8 Å². The predicted octanol–water partition coefficient (Wildman–Crippen LogP) is 3.30. The minimum Gasteiger partial charge on any atom is -0.497 e. The molecule has 1 aromatic rings. The first-order chi connectivity index (χ1) is 10.6. The second-order valence-electron chi connectivity index (χ2n) is 5.79. The van der Waals surface area contributed by atoms with Crippen molar-refractivity contribution in [1.29, 1.82) is 5.26 Å². The van der Waals surface area contributed by atoms with Crippen LogP contribution >= 0.6 is 0 Å². The van der Waals surface area contributed by atoms with Crippen LogP contribution in [0, 0.1) is 17.2 Å². The summed E-state index contributed by atoms with van der Waals surface area (Å²) >= 11 is 0. The molecule has 0 heterocycles. The van der Waals surface area contributed by atoms with Crippen molar-refractivity contribution in [2.75, 3.05) is 7.11 Å². The predicted molar refractivity (Wildman–Crippen MR) is 86.1 cm³/mol. The Balaban J connectivity index is 2.11. The van der Waals surface area contributed by atoms with Gasteiger partial charge in [-0.3, -0.25) is 4.79 Å². The Bertz CT molecular complexity index is 601. The van der Waals surface area contributed by atoms with Crippen molar-refractivity contribution in [3.05, 3.63) is 35.4 Å². The molecule has 2 rings (SSSR count). The summed E-state index contributed by atoms with van der Waals surface area (Å²) < 4.78 is 5.15. The molecular formula is C18H22N2O2. The molecule has 116 valence electrons. The highest BCUT2D eigenvalue weighted by atomic mass is 16.5. The highest BCUT2D eigenvalue weighted by molar-refractivity contribution is 6.01. The van der Waals surface area contributed by atoms with Gasteiger partial charge in [-0.1, -0.05) is 31.9 Å². The quantitative estimate of drug-likeness (QED) is 0.685. The molecule has 1 aliphatic carbocycles. The van der Waals surface area contributed by atoms with Gasteiger partial charge in [0.25, 0.3) is 5.91 Å². The second kappa shape index (κ2) is 7.65. The molecule has 1 fully saturated rings. The first-order valence-electron chi connectivity index (χ1n) is 7.70. The summed E-state index contributed by atoms with van der Waals surface area (Å²) in [4.78, 5) is 12.3. The van der Waals surface area contributed by atoms with Crippen LogP contribution in [0.1, 0.15) is 38.2 Å². The van der Waals surface area contributed by atoms with Gasteiger partial charge in [-0.25, -0.2) is 0 Å².